The minimum absolute atomic E-state index is 0.0137. The Bertz CT molecular complexity index is 261. The van der Waals surface area contributed by atoms with Crippen LogP contribution >= 0.6 is 0 Å². The van der Waals surface area contributed by atoms with Gasteiger partial charge in [0, 0.05) is 17.6 Å². The summed E-state index contributed by atoms with van der Waals surface area (Å²) in [6.45, 7) is 7.33. The van der Waals surface area contributed by atoms with Gasteiger partial charge in [-0.3, -0.25) is 0 Å². The molecule has 0 bridgehead atoms. The molecule has 2 fully saturated rings. The number of nitrogens with zero attached hydrogens (tertiary/aromatic N) is 1. The molecular formula is C16H32N2O. The second-order valence-electron chi connectivity index (χ2n) is 6.69. The molecule has 0 aromatic heterocycles. The molecule has 2 rings (SSSR count). The van der Waals surface area contributed by atoms with E-state index in [0.717, 1.165) is 18.9 Å². The zero-order valence-electron chi connectivity index (χ0n) is 12.8. The van der Waals surface area contributed by atoms with Crippen molar-refractivity contribution in [3.63, 3.8) is 0 Å². The maximum absolute atomic E-state index is 9.77. The maximum atomic E-state index is 9.77. The van der Waals surface area contributed by atoms with Crippen molar-refractivity contribution in [2.24, 2.45) is 0 Å². The van der Waals surface area contributed by atoms with Gasteiger partial charge in [-0.2, -0.15) is 0 Å². The molecule has 112 valence electrons. The molecule has 1 saturated heterocycles. The molecule has 3 heteroatoms. The highest BCUT2D eigenvalue weighted by Crippen LogP contribution is 2.27. The Morgan fingerprint density at radius 2 is 2.05 bits per heavy atom. The third kappa shape index (κ3) is 4.44. The summed E-state index contributed by atoms with van der Waals surface area (Å²) in [5.41, 5.74) is -0.0137. The fourth-order valence-corrected chi connectivity index (χ4v) is 3.36. The molecule has 1 aliphatic carbocycles. The van der Waals surface area contributed by atoms with Crippen LogP contribution in [0.15, 0.2) is 0 Å². The molecule has 0 amide bonds. The smallest absolute Gasteiger partial charge is 0.0613 e. The van der Waals surface area contributed by atoms with E-state index in [2.05, 4.69) is 24.1 Å². The number of hydrogen-bond acceptors (Lipinski definition) is 3. The monoisotopic (exact) mass is 268 g/mol. The summed E-state index contributed by atoms with van der Waals surface area (Å²) >= 11 is 0. The normalized spacial score (nSPS) is 28.3. The van der Waals surface area contributed by atoms with Crippen LogP contribution in [-0.4, -0.2) is 47.3 Å². The van der Waals surface area contributed by atoms with Gasteiger partial charge in [-0.25, -0.2) is 0 Å². The summed E-state index contributed by atoms with van der Waals surface area (Å²) in [6.07, 6.45) is 10.1. The third-order valence-corrected chi connectivity index (χ3v) is 5.11. The second-order valence-corrected chi connectivity index (χ2v) is 6.69. The van der Waals surface area contributed by atoms with Gasteiger partial charge in [0.15, 0.2) is 0 Å². The van der Waals surface area contributed by atoms with Gasteiger partial charge in [0.1, 0.15) is 0 Å². The molecule has 2 atom stereocenters. The Kier molecular flexibility index (Phi) is 5.67. The van der Waals surface area contributed by atoms with Crippen LogP contribution in [0.5, 0.6) is 0 Å². The molecule has 2 N–H and O–H groups in total. The van der Waals surface area contributed by atoms with Crippen LogP contribution in [0.2, 0.25) is 0 Å². The van der Waals surface area contributed by atoms with Gasteiger partial charge in [0.25, 0.3) is 0 Å². The van der Waals surface area contributed by atoms with Crippen molar-refractivity contribution in [3.8, 4) is 0 Å². The van der Waals surface area contributed by atoms with Gasteiger partial charge in [-0.15, -0.1) is 0 Å². The minimum Gasteiger partial charge on any atom is -0.394 e. The van der Waals surface area contributed by atoms with Crippen LogP contribution in [0.4, 0.5) is 0 Å². The van der Waals surface area contributed by atoms with Crippen LogP contribution in [0.1, 0.15) is 65.2 Å². The van der Waals surface area contributed by atoms with E-state index >= 15 is 0 Å². The van der Waals surface area contributed by atoms with E-state index in [0.29, 0.717) is 6.04 Å². The summed E-state index contributed by atoms with van der Waals surface area (Å²) in [4.78, 5) is 2.64. The van der Waals surface area contributed by atoms with Crippen molar-refractivity contribution in [1.29, 1.82) is 0 Å². The standard InChI is InChI=1S/C16H32N2O/c1-3-16(13-19,17-15-8-9-15)10-6-12-18-11-5-4-7-14(18)2/h14-15,17,19H,3-13H2,1-2H3. The highest BCUT2D eigenvalue weighted by molar-refractivity contribution is 4.94. The molecule has 1 heterocycles. The molecule has 0 aromatic carbocycles. The molecule has 19 heavy (non-hydrogen) atoms. The summed E-state index contributed by atoms with van der Waals surface area (Å²) in [5.74, 6) is 0. The van der Waals surface area contributed by atoms with E-state index < -0.39 is 0 Å². The lowest BCUT2D eigenvalue weighted by molar-refractivity contribution is 0.121. The zero-order valence-corrected chi connectivity index (χ0v) is 12.8. The van der Waals surface area contributed by atoms with E-state index in [9.17, 15) is 5.11 Å². The molecule has 0 spiro atoms. The first-order valence-corrected chi connectivity index (χ1v) is 8.32. The Hall–Kier alpha value is -0.120. The molecule has 0 aromatic rings. The molecule has 2 aliphatic rings. The van der Waals surface area contributed by atoms with Crippen LogP contribution in [-0.2, 0) is 0 Å². The predicted octanol–water partition coefficient (Wildman–Crippen LogP) is 2.53. The topological polar surface area (TPSA) is 35.5 Å². The summed E-state index contributed by atoms with van der Waals surface area (Å²) < 4.78 is 0. The first-order chi connectivity index (χ1) is 9.19. The Balaban J connectivity index is 1.74. The van der Waals surface area contributed by atoms with Crippen LogP contribution in [0.25, 0.3) is 0 Å². The van der Waals surface area contributed by atoms with Gasteiger partial charge in [0.05, 0.1) is 6.61 Å². The van der Waals surface area contributed by atoms with Gasteiger partial charge in [-0.1, -0.05) is 13.3 Å². The van der Waals surface area contributed by atoms with Crippen LogP contribution in [0.3, 0.4) is 0 Å². The van der Waals surface area contributed by atoms with Crippen molar-refractivity contribution in [2.75, 3.05) is 19.7 Å². The van der Waals surface area contributed by atoms with Gasteiger partial charge >= 0.3 is 0 Å². The van der Waals surface area contributed by atoms with Gasteiger partial charge in [0.2, 0.25) is 0 Å². The SMILES string of the molecule is CCC(CO)(CCCN1CCCCC1C)NC1CC1. The zero-order chi connectivity index (χ0) is 13.7. The number of aliphatic hydroxyl groups is 1. The number of hydrogen-bond donors (Lipinski definition) is 2. The van der Waals surface area contributed by atoms with Crippen LogP contribution < -0.4 is 5.32 Å². The fraction of sp³-hybridized carbons (Fsp3) is 1.00. The fourth-order valence-electron chi connectivity index (χ4n) is 3.36. The van der Waals surface area contributed by atoms with E-state index in [4.69, 9.17) is 0 Å². The van der Waals surface area contributed by atoms with E-state index in [-0.39, 0.29) is 12.1 Å². The Morgan fingerprint density at radius 1 is 1.26 bits per heavy atom. The molecule has 3 nitrogen and oxygen atoms in total. The highest BCUT2D eigenvalue weighted by Gasteiger charge is 2.34. The summed E-state index contributed by atoms with van der Waals surface area (Å²) in [6, 6.07) is 1.44. The largest absolute Gasteiger partial charge is 0.394 e. The molecule has 0 radical (unpaired) electrons. The van der Waals surface area contributed by atoms with Crippen LogP contribution in [0, 0.1) is 0 Å². The summed E-state index contributed by atoms with van der Waals surface area (Å²) in [7, 11) is 0. The van der Waals surface area contributed by atoms with Crippen molar-refractivity contribution in [3.05, 3.63) is 0 Å². The third-order valence-electron chi connectivity index (χ3n) is 5.11. The average molecular weight is 268 g/mol. The van der Waals surface area contributed by atoms with Crippen molar-refractivity contribution >= 4 is 0 Å². The van der Waals surface area contributed by atoms with E-state index in [1.165, 1.54) is 51.6 Å². The first-order valence-electron chi connectivity index (χ1n) is 8.32. The average Bonchev–Trinajstić information content (AvgIpc) is 3.23. The highest BCUT2D eigenvalue weighted by atomic mass is 16.3. The van der Waals surface area contributed by atoms with Crippen molar-refractivity contribution in [2.45, 2.75) is 82.8 Å². The Morgan fingerprint density at radius 3 is 2.63 bits per heavy atom. The van der Waals surface area contributed by atoms with E-state index in [1.54, 1.807) is 0 Å². The Labute approximate surface area is 118 Å². The molecule has 1 aliphatic heterocycles. The van der Waals surface area contributed by atoms with Crippen molar-refractivity contribution in [1.82, 2.24) is 10.2 Å². The number of rotatable bonds is 8. The lowest BCUT2D eigenvalue weighted by Crippen LogP contribution is -2.49. The minimum atomic E-state index is -0.0137. The predicted molar refractivity (Wildman–Crippen MR) is 80.4 cm³/mol. The lowest BCUT2D eigenvalue weighted by atomic mass is 9.90. The first kappa shape index (κ1) is 15.3. The van der Waals surface area contributed by atoms with Crippen molar-refractivity contribution < 1.29 is 5.11 Å². The van der Waals surface area contributed by atoms with E-state index in [1.807, 2.05) is 0 Å². The quantitative estimate of drug-likeness (QED) is 0.710. The number of aliphatic hydroxyl groups excluding tert-OH is 1. The lowest BCUT2D eigenvalue weighted by Gasteiger charge is -2.36. The maximum Gasteiger partial charge on any atom is 0.0613 e. The molecular weight excluding hydrogens is 236 g/mol. The summed E-state index contributed by atoms with van der Waals surface area (Å²) in [5, 5.41) is 13.5. The molecule has 1 saturated carbocycles. The van der Waals surface area contributed by atoms with Gasteiger partial charge < -0.3 is 15.3 Å². The molecule has 2 unspecified atom stereocenters. The number of piperidine rings is 1. The number of likely N-dealkylation sites (tertiary alicyclic amines) is 1. The second kappa shape index (κ2) is 7.05. The van der Waals surface area contributed by atoms with Gasteiger partial charge in [-0.05, 0) is 65.0 Å². The number of nitrogens with one attached hydrogen (secondary N) is 1.